The third-order valence-electron chi connectivity index (χ3n) is 14.0. The predicted octanol–water partition coefficient (Wildman–Crippen LogP) is -13.8. The van der Waals surface area contributed by atoms with Gasteiger partial charge in [-0.3, -0.25) is 0 Å². The van der Waals surface area contributed by atoms with E-state index in [2.05, 4.69) is 0 Å². The lowest BCUT2D eigenvalue weighted by molar-refractivity contribution is -0.382. The van der Waals surface area contributed by atoms with Crippen molar-refractivity contribution in [3.05, 3.63) is 0 Å². The molecule has 35 heteroatoms. The number of rotatable bonds is 7. The maximum absolute atomic E-state index is 12.4. The Bertz CT molecular complexity index is 1670. The highest BCUT2D eigenvalue weighted by Gasteiger charge is 2.59. The summed E-state index contributed by atoms with van der Waals surface area (Å²) in [5.41, 5.74) is 0. The third-order valence-corrected chi connectivity index (χ3v) is 14.0. The van der Waals surface area contributed by atoms with Crippen molar-refractivity contribution in [2.75, 3.05) is 0 Å². The van der Waals surface area contributed by atoms with Crippen LogP contribution >= 0.6 is 0 Å². The highest BCUT2D eigenvalue weighted by molar-refractivity contribution is 5.61. The number of carbonyl (C=O) groups excluding carboxylic acids is 7. The van der Waals surface area contributed by atoms with Gasteiger partial charge in [0, 0.05) is 0 Å². The van der Waals surface area contributed by atoms with Gasteiger partial charge in [0.05, 0.1) is 0 Å². The van der Waals surface area contributed by atoms with Crippen molar-refractivity contribution >= 4 is 44.0 Å². The van der Waals surface area contributed by atoms with E-state index in [1.165, 1.54) is 0 Å². The number of hydrogen-bond acceptors (Lipinski definition) is 35. The van der Waals surface area contributed by atoms with E-state index >= 15 is 0 Å². The van der Waals surface area contributed by atoms with E-state index < -0.39 is 215 Å². The molecule has 14 bridgehead atoms. The van der Waals surface area contributed by atoms with Crippen molar-refractivity contribution in [3.63, 3.8) is 0 Å². The maximum atomic E-state index is 12.4. The first-order valence-corrected chi connectivity index (χ1v) is 23.5. The summed E-state index contributed by atoms with van der Waals surface area (Å²) in [5.74, 6) is 0. The molecule has 21 aliphatic heterocycles. The molecule has 21 rings (SSSR count). The third kappa shape index (κ3) is 11.3. The molecule has 14 N–H and O–H groups in total. The fourth-order valence-corrected chi connectivity index (χ4v) is 9.78. The van der Waals surface area contributed by atoms with Gasteiger partial charge in [0.2, 0.25) is 0 Å². The number of aldehydes is 7. The quantitative estimate of drug-likeness (QED) is 0.105. The molecule has 0 radical (unpaired) electrons. The van der Waals surface area contributed by atoms with Crippen LogP contribution < -0.4 is 0 Å². The van der Waals surface area contributed by atoms with Crippen LogP contribution in [0.15, 0.2) is 0 Å². The number of hydrogen-bond donors (Lipinski definition) is 14. The van der Waals surface area contributed by atoms with E-state index in [1.807, 2.05) is 0 Å². The Morgan fingerprint density at radius 1 is 0.169 bits per heavy atom. The van der Waals surface area contributed by atoms with E-state index in [0.29, 0.717) is 0 Å². The summed E-state index contributed by atoms with van der Waals surface area (Å²) >= 11 is 0. The molecule has 35 nitrogen and oxygen atoms in total. The Morgan fingerprint density at radius 2 is 0.273 bits per heavy atom. The summed E-state index contributed by atoms with van der Waals surface area (Å²) in [4.78, 5) is 86.6. The Kier molecular flexibility index (Phi) is 19.2. The van der Waals surface area contributed by atoms with Crippen molar-refractivity contribution in [1.82, 2.24) is 0 Å². The summed E-state index contributed by atoms with van der Waals surface area (Å²) in [6, 6.07) is 0. The summed E-state index contributed by atoms with van der Waals surface area (Å²) in [6.45, 7) is 0. The monoisotopic (exact) mass is 1120 g/mol. The molecule has 0 amide bonds. The Morgan fingerprint density at radius 3 is 0.364 bits per heavy atom. The second-order valence-electron chi connectivity index (χ2n) is 18.8. The molecule has 0 spiro atoms. The van der Waals surface area contributed by atoms with Gasteiger partial charge in [-0.25, -0.2) is 0 Å². The van der Waals surface area contributed by atoms with E-state index in [4.69, 9.17) is 66.3 Å². The molecule has 21 saturated heterocycles. The van der Waals surface area contributed by atoms with Crippen LogP contribution in [0.3, 0.4) is 0 Å². The molecule has 434 valence electrons. The van der Waals surface area contributed by atoms with Crippen LogP contribution in [0.4, 0.5) is 0 Å². The molecule has 0 aliphatic carbocycles. The van der Waals surface area contributed by atoms with Crippen molar-refractivity contribution in [2.45, 2.75) is 215 Å². The van der Waals surface area contributed by atoms with Crippen LogP contribution in [0.25, 0.3) is 0 Å². The summed E-state index contributed by atoms with van der Waals surface area (Å²) in [6.07, 6.45) is -77.2. The largest absolute Gasteiger partial charge is 0.387 e. The van der Waals surface area contributed by atoms with Crippen LogP contribution in [0, 0.1) is 0 Å². The van der Waals surface area contributed by atoms with E-state index in [-0.39, 0.29) is 44.0 Å². The number of carbonyl (C=O) groups is 7. The molecule has 0 aromatic carbocycles. The first-order chi connectivity index (χ1) is 36.7. The Balaban J connectivity index is 1.08. The molecule has 77 heavy (non-hydrogen) atoms. The van der Waals surface area contributed by atoms with Crippen LogP contribution in [0.2, 0.25) is 0 Å². The van der Waals surface area contributed by atoms with Crippen LogP contribution in [-0.4, -0.2) is 330 Å². The normalized spacial score (nSPS) is 54.9. The molecule has 21 heterocycles. The van der Waals surface area contributed by atoms with Gasteiger partial charge >= 0.3 is 0 Å². The average molecular weight is 1120 g/mol. The zero-order valence-corrected chi connectivity index (χ0v) is 39.1. The zero-order chi connectivity index (χ0) is 56.1. The van der Waals surface area contributed by atoms with E-state index in [1.54, 1.807) is 0 Å². The van der Waals surface area contributed by atoms with Crippen LogP contribution in [0.1, 0.15) is 0 Å². The maximum Gasteiger partial charge on any atom is 0.187 e. The summed E-state index contributed by atoms with van der Waals surface area (Å²) in [7, 11) is 0. The predicted molar refractivity (Wildman–Crippen MR) is 221 cm³/mol. The fourth-order valence-electron chi connectivity index (χ4n) is 9.78. The lowest BCUT2D eigenvalue weighted by atomic mass is 9.95. The zero-order valence-electron chi connectivity index (χ0n) is 39.1. The molecule has 0 saturated carbocycles. The van der Waals surface area contributed by atoms with Crippen LogP contribution in [-0.2, 0) is 99.9 Å². The van der Waals surface area contributed by atoms with Crippen molar-refractivity contribution < 1.29 is 171 Å². The van der Waals surface area contributed by atoms with Crippen molar-refractivity contribution in [1.29, 1.82) is 0 Å². The van der Waals surface area contributed by atoms with Gasteiger partial charge in [0.15, 0.2) is 88.0 Å². The lowest BCUT2D eigenvalue weighted by Gasteiger charge is -2.48. The highest BCUT2D eigenvalue weighted by Crippen LogP contribution is 2.38. The van der Waals surface area contributed by atoms with Gasteiger partial charge in [-0.1, -0.05) is 0 Å². The standard InChI is InChI=1S/C42H56O35/c43-1-8-29-15(50)22(57)36(64-8)72-30-9(2-44)66-38(24(59)17(30)52)74-32-11(4-46)68-40(26(61)19(32)54)76-34-13(6-48)70-42(28(63)21(34)56)77-35-14(7-49)69-41(27(62)20(35)55)75-33-12(5-47)67-39(25(60)18(33)53)73-31-10(3-45)65-37(71-29)23(58)16(31)51/h1-42,50-63H/t8-,9-,10-,11-,12-,13-,14-,15-,16-,17-,18-,19-,20-,21-,22-,23-,24-,25-,26-,27-,28-,29-,30-,31-,32-,33-,34-,35-,36+,37+,38+,39+,40+,41+,42+/m1/s1. The smallest absolute Gasteiger partial charge is 0.187 e. The second-order valence-corrected chi connectivity index (χ2v) is 18.8. The van der Waals surface area contributed by atoms with Gasteiger partial charge in [-0.05, 0) is 0 Å². The fraction of sp³-hybridized carbons (Fsp3) is 0.833. The molecule has 0 unspecified atom stereocenters. The molecule has 21 fully saturated rings. The van der Waals surface area contributed by atoms with Gasteiger partial charge in [-0.2, -0.15) is 0 Å². The van der Waals surface area contributed by atoms with Gasteiger partial charge in [-0.15, -0.1) is 0 Å². The topological polar surface area (TPSA) is 532 Å². The minimum Gasteiger partial charge on any atom is -0.387 e. The first-order valence-electron chi connectivity index (χ1n) is 23.5. The number of ether oxygens (including phenoxy) is 14. The minimum absolute atomic E-state index is 0.0249. The average Bonchev–Trinajstić information content (AvgIpc) is 3.45. The minimum atomic E-state index is -2.34. The molecular weight excluding hydrogens is 1060 g/mol. The molecule has 0 aromatic heterocycles. The van der Waals surface area contributed by atoms with Gasteiger partial charge in [0.1, 0.15) is 171 Å². The SMILES string of the molecule is O=C[C@H]1O[C@H]2O[C@H]3[C@H](O)[C@@H](O)[C@H](O[C@H]4[C@H](O)[C@@H](O)[C@H](O[C@H]5[C@H](O)[C@@H](O)[C@H](O[C@H]6[C@H](O)[C@@H](O)[C@H](O[C@H]7[C@H](O)[C@@H](O)[C@H](O[C@H]8[C@H](O)[C@@H](O)[C@H](O[C@H]1[C@H](O)[C@H]2O)O[C@@H]8C=O)O[C@@H]7C=O)O[C@@H]6C=O)O[C@@H]5C=O)O[C@@H]4C=O)O[C@@H]3C=O. The first kappa shape index (κ1) is 59.7. The Labute approximate surface area is 429 Å². The van der Waals surface area contributed by atoms with Crippen molar-refractivity contribution in [2.24, 2.45) is 0 Å². The molecule has 21 aliphatic rings. The highest BCUT2D eigenvalue weighted by atomic mass is 16.8. The summed E-state index contributed by atoms with van der Waals surface area (Å²) in [5, 5.41) is 156. The molecular formula is C42H56O35. The number of aliphatic hydroxyl groups excluding tert-OH is 14. The Hall–Kier alpha value is -3.43. The van der Waals surface area contributed by atoms with Crippen LogP contribution in [0.5, 0.6) is 0 Å². The van der Waals surface area contributed by atoms with E-state index in [9.17, 15) is 105 Å². The van der Waals surface area contributed by atoms with Gasteiger partial charge < -0.3 is 171 Å². The molecule has 0 aromatic rings. The molecule has 35 atom stereocenters. The van der Waals surface area contributed by atoms with Gasteiger partial charge in [0.25, 0.3) is 0 Å². The second kappa shape index (κ2) is 24.7. The van der Waals surface area contributed by atoms with Crippen molar-refractivity contribution in [3.8, 4) is 0 Å². The number of aliphatic hydroxyl groups is 14. The van der Waals surface area contributed by atoms with E-state index in [0.717, 1.165) is 0 Å². The summed E-state index contributed by atoms with van der Waals surface area (Å²) < 4.78 is 76.9. The lowest BCUT2D eigenvalue weighted by Crippen LogP contribution is -2.68.